The van der Waals surface area contributed by atoms with E-state index in [0.717, 1.165) is 0 Å². The van der Waals surface area contributed by atoms with Gasteiger partial charge in [0.25, 0.3) is 0 Å². The zero-order valence-electron chi connectivity index (χ0n) is 3.34. The summed E-state index contributed by atoms with van der Waals surface area (Å²) in [5.41, 5.74) is 0. The van der Waals surface area contributed by atoms with Gasteiger partial charge in [-0.3, -0.25) is 9.51 Å². The highest BCUT2D eigenvalue weighted by Crippen LogP contribution is 1.72. The average molecular weight is 98.1 g/mol. The van der Waals surface area contributed by atoms with Crippen molar-refractivity contribution in [3.05, 3.63) is 23.3 Å². The van der Waals surface area contributed by atoms with Gasteiger partial charge >= 0.3 is 5.76 Å². The molecule has 0 fully saturated rings. The van der Waals surface area contributed by atoms with Gasteiger partial charge < -0.3 is 0 Å². The second-order valence-corrected chi connectivity index (χ2v) is 0.980. The van der Waals surface area contributed by atoms with Crippen LogP contribution in [-0.4, -0.2) is 10.1 Å². The molecule has 0 saturated heterocycles. The molecule has 0 atom stereocenters. The maximum absolute atomic E-state index is 9.93. The molecule has 0 unspecified atom stereocenters. The van der Waals surface area contributed by atoms with Crippen molar-refractivity contribution < 1.29 is 4.52 Å². The molecule has 4 nitrogen and oxygen atoms in total. The normalized spacial score (nSPS) is 9.29. The van der Waals surface area contributed by atoms with E-state index in [1.54, 1.807) is 0 Å². The highest BCUT2D eigenvalue weighted by molar-refractivity contribution is 4.80. The van der Waals surface area contributed by atoms with Gasteiger partial charge in [0.2, 0.25) is 0 Å². The number of H-pyrrole nitrogens is 1. The quantitative estimate of drug-likeness (QED) is 0.472. The molecule has 2 radical (unpaired) electrons. The van der Waals surface area contributed by atoms with Crippen molar-refractivity contribution in [2.45, 2.75) is 0 Å². The van der Waals surface area contributed by atoms with Crippen LogP contribution < -0.4 is 5.76 Å². The minimum atomic E-state index is -0.627. The Bertz CT molecular complexity index is 199. The molecule has 0 spiro atoms. The van der Waals surface area contributed by atoms with Gasteiger partial charge in [0.05, 0.1) is 0 Å². The van der Waals surface area contributed by atoms with Gasteiger partial charge in [-0.15, -0.1) is 0 Å². The number of hydrogen-bond donors (Lipinski definition) is 1. The molecular formula is C3H2N2O2. The highest BCUT2D eigenvalue weighted by atomic mass is 16.5. The van der Waals surface area contributed by atoms with Crippen LogP contribution in [0.4, 0.5) is 0 Å². The molecule has 1 heterocycles. The van der Waals surface area contributed by atoms with Crippen molar-refractivity contribution in [1.82, 2.24) is 10.1 Å². The minimum Gasteiger partial charge on any atom is -0.296 e. The third-order valence-corrected chi connectivity index (χ3v) is 0.457. The van der Waals surface area contributed by atoms with E-state index in [4.69, 9.17) is 6.92 Å². The first-order valence-electron chi connectivity index (χ1n) is 1.60. The van der Waals surface area contributed by atoms with Crippen molar-refractivity contribution in [2.24, 2.45) is 0 Å². The molecular weight excluding hydrogens is 96.0 g/mol. The van der Waals surface area contributed by atoms with Crippen LogP contribution in [0.5, 0.6) is 0 Å². The van der Waals surface area contributed by atoms with Crippen LogP contribution in [0.25, 0.3) is 0 Å². The molecule has 1 rings (SSSR count). The van der Waals surface area contributed by atoms with Crippen molar-refractivity contribution in [1.29, 1.82) is 0 Å². The van der Waals surface area contributed by atoms with Gasteiger partial charge in [0, 0.05) is 6.92 Å². The highest BCUT2D eigenvalue weighted by Gasteiger charge is 1.87. The summed E-state index contributed by atoms with van der Waals surface area (Å²) in [6, 6.07) is 0. The Morgan fingerprint density at radius 3 is 2.71 bits per heavy atom. The third kappa shape index (κ3) is 0.677. The summed E-state index contributed by atoms with van der Waals surface area (Å²) in [6.45, 7) is 4.92. The Morgan fingerprint density at radius 1 is 1.86 bits per heavy atom. The molecule has 0 aromatic carbocycles. The Kier molecular flexibility index (Phi) is 0.714. The topological polar surface area (TPSA) is 58.9 Å². The number of hydrogen-bond acceptors (Lipinski definition) is 3. The predicted octanol–water partition coefficient (Wildman–Crippen LogP) is -0.578. The Morgan fingerprint density at radius 2 is 2.57 bits per heavy atom. The van der Waals surface area contributed by atoms with E-state index in [9.17, 15) is 4.79 Å². The summed E-state index contributed by atoms with van der Waals surface area (Å²) >= 11 is 0. The smallest absolute Gasteiger partial charge is 0.296 e. The minimum absolute atomic E-state index is 0.00463. The number of nitrogens with zero attached hydrogens (tertiary/aromatic N) is 1. The average Bonchev–Trinajstić information content (AvgIpc) is 1.87. The molecule has 0 bridgehead atoms. The zero-order valence-corrected chi connectivity index (χ0v) is 3.34. The first-order chi connectivity index (χ1) is 3.29. The maximum atomic E-state index is 9.93. The number of aromatic nitrogens is 2. The predicted molar refractivity (Wildman–Crippen MR) is 20.5 cm³/mol. The summed E-state index contributed by atoms with van der Waals surface area (Å²) in [6.07, 6.45) is 0. The number of rotatable bonds is 0. The molecule has 7 heavy (non-hydrogen) atoms. The summed E-state index contributed by atoms with van der Waals surface area (Å²) in [7, 11) is 0. The Labute approximate surface area is 39.1 Å². The van der Waals surface area contributed by atoms with Gasteiger partial charge in [0.1, 0.15) is 0 Å². The van der Waals surface area contributed by atoms with E-state index in [-0.39, 0.29) is 5.82 Å². The summed E-state index contributed by atoms with van der Waals surface area (Å²) in [5, 5.41) is 3.05. The van der Waals surface area contributed by atoms with Crippen LogP contribution in [0.15, 0.2) is 9.32 Å². The van der Waals surface area contributed by atoms with Gasteiger partial charge in [0.15, 0.2) is 5.82 Å². The molecule has 0 aliphatic heterocycles. The number of nitrogens with one attached hydrogen (secondary N) is 1. The lowest BCUT2D eigenvalue weighted by Crippen LogP contribution is -1.93. The molecule has 1 N–H and O–H groups in total. The van der Waals surface area contributed by atoms with E-state index in [1.165, 1.54) is 0 Å². The molecule has 4 heteroatoms. The summed E-state index contributed by atoms with van der Waals surface area (Å²) in [4.78, 5) is 12.0. The Balaban J connectivity index is 3.30. The fourth-order valence-corrected chi connectivity index (χ4v) is 0.241. The Hall–Kier alpha value is -1.06. The lowest BCUT2D eigenvalue weighted by Gasteiger charge is -1.61. The van der Waals surface area contributed by atoms with E-state index in [0.29, 0.717) is 0 Å². The first-order valence-corrected chi connectivity index (χ1v) is 1.60. The third-order valence-electron chi connectivity index (χ3n) is 0.457. The van der Waals surface area contributed by atoms with Crippen LogP contribution in [0.3, 0.4) is 0 Å². The van der Waals surface area contributed by atoms with Crippen molar-refractivity contribution >= 4 is 0 Å². The standard InChI is InChI=1S/C3H2N2O2/c1-2-4-3(6)7-5-2/h1H,(H,4,5,6). The van der Waals surface area contributed by atoms with E-state index >= 15 is 0 Å². The molecule has 1 aromatic rings. The van der Waals surface area contributed by atoms with Crippen molar-refractivity contribution in [3.8, 4) is 0 Å². The van der Waals surface area contributed by atoms with Crippen LogP contribution in [0.1, 0.15) is 5.82 Å². The first kappa shape index (κ1) is 4.11. The summed E-state index contributed by atoms with van der Waals surface area (Å²) in [5.74, 6) is -0.623. The van der Waals surface area contributed by atoms with Gasteiger partial charge in [-0.25, -0.2) is 4.79 Å². The largest absolute Gasteiger partial charge is 0.438 e. The van der Waals surface area contributed by atoms with Gasteiger partial charge in [-0.05, 0) is 0 Å². The van der Waals surface area contributed by atoms with Crippen LogP contribution in [0, 0.1) is 6.92 Å². The van der Waals surface area contributed by atoms with E-state index in [1.807, 2.05) is 0 Å². The maximum Gasteiger partial charge on any atom is 0.438 e. The second-order valence-electron chi connectivity index (χ2n) is 0.980. The molecule has 0 amide bonds. The second kappa shape index (κ2) is 1.22. The molecule has 0 aliphatic rings. The van der Waals surface area contributed by atoms with Crippen molar-refractivity contribution in [3.63, 3.8) is 0 Å². The fraction of sp³-hybridized carbons (Fsp3) is 0. The fourth-order valence-electron chi connectivity index (χ4n) is 0.241. The van der Waals surface area contributed by atoms with Crippen LogP contribution >= 0.6 is 0 Å². The van der Waals surface area contributed by atoms with Gasteiger partial charge in [-0.1, -0.05) is 5.16 Å². The monoisotopic (exact) mass is 98.0 g/mol. The van der Waals surface area contributed by atoms with Gasteiger partial charge in [-0.2, -0.15) is 0 Å². The van der Waals surface area contributed by atoms with Crippen LogP contribution in [0.2, 0.25) is 0 Å². The lowest BCUT2D eigenvalue weighted by atomic mass is 10.8. The van der Waals surface area contributed by atoms with E-state index < -0.39 is 5.76 Å². The molecule has 1 aromatic heterocycles. The zero-order chi connectivity index (χ0) is 5.28. The molecule has 0 aliphatic carbocycles. The SMILES string of the molecule is [CH]c1noc(=O)[nH]1. The van der Waals surface area contributed by atoms with Crippen LogP contribution in [-0.2, 0) is 0 Å². The van der Waals surface area contributed by atoms with Crippen molar-refractivity contribution in [2.75, 3.05) is 0 Å². The summed E-state index contributed by atoms with van der Waals surface area (Å²) < 4.78 is 3.98. The number of aromatic amines is 1. The lowest BCUT2D eigenvalue weighted by molar-refractivity contribution is 0.384. The molecule has 0 saturated carbocycles. The van der Waals surface area contributed by atoms with E-state index in [2.05, 4.69) is 14.7 Å². The molecule has 36 valence electrons.